The van der Waals surface area contributed by atoms with Crippen molar-refractivity contribution >= 4 is 6.03 Å². The van der Waals surface area contributed by atoms with Gasteiger partial charge in [0, 0.05) is 19.1 Å². The van der Waals surface area contributed by atoms with E-state index in [-0.39, 0.29) is 6.03 Å². The van der Waals surface area contributed by atoms with Crippen LogP contribution < -0.4 is 5.73 Å². The Kier molecular flexibility index (Phi) is 4.20. The molecule has 1 saturated carbocycles. The van der Waals surface area contributed by atoms with Crippen LogP contribution in [0.15, 0.2) is 0 Å². The SMILES string of the molecule is CN(C)CCN(C(N)=O)C1CCCC1. The van der Waals surface area contributed by atoms with Crippen molar-refractivity contribution in [3.8, 4) is 0 Å². The highest BCUT2D eigenvalue weighted by Crippen LogP contribution is 2.22. The standard InChI is InChI=1S/C10H21N3O/c1-12(2)7-8-13(10(11)14)9-5-3-4-6-9/h9H,3-8H2,1-2H3,(H2,11,14). The minimum absolute atomic E-state index is 0.265. The first-order valence-electron chi connectivity index (χ1n) is 5.32. The van der Waals surface area contributed by atoms with Gasteiger partial charge in [-0.05, 0) is 26.9 Å². The fourth-order valence-electron chi connectivity index (χ4n) is 2.00. The van der Waals surface area contributed by atoms with E-state index in [1.165, 1.54) is 12.8 Å². The third kappa shape index (κ3) is 3.18. The van der Waals surface area contributed by atoms with E-state index in [0.717, 1.165) is 25.9 Å². The van der Waals surface area contributed by atoms with Crippen molar-refractivity contribution in [2.75, 3.05) is 27.2 Å². The van der Waals surface area contributed by atoms with Gasteiger partial charge in [0.2, 0.25) is 0 Å². The monoisotopic (exact) mass is 199 g/mol. The maximum absolute atomic E-state index is 11.2. The second-order valence-corrected chi connectivity index (χ2v) is 4.27. The van der Waals surface area contributed by atoms with Gasteiger partial charge in [0.15, 0.2) is 0 Å². The van der Waals surface area contributed by atoms with Gasteiger partial charge in [-0.1, -0.05) is 12.8 Å². The van der Waals surface area contributed by atoms with Crippen molar-refractivity contribution in [3.05, 3.63) is 0 Å². The number of likely N-dealkylation sites (N-methyl/N-ethyl adjacent to an activating group) is 1. The van der Waals surface area contributed by atoms with Crippen LogP contribution in [0.25, 0.3) is 0 Å². The first-order valence-corrected chi connectivity index (χ1v) is 5.32. The number of nitrogens with two attached hydrogens (primary N) is 1. The lowest BCUT2D eigenvalue weighted by Crippen LogP contribution is -2.45. The van der Waals surface area contributed by atoms with Crippen LogP contribution in [-0.4, -0.2) is 49.1 Å². The Morgan fingerprint density at radius 3 is 2.29 bits per heavy atom. The smallest absolute Gasteiger partial charge is 0.315 e. The molecule has 0 aliphatic heterocycles. The summed E-state index contributed by atoms with van der Waals surface area (Å²) in [4.78, 5) is 15.1. The Bertz CT molecular complexity index is 188. The average molecular weight is 199 g/mol. The minimum atomic E-state index is -0.265. The number of urea groups is 1. The molecule has 4 nitrogen and oxygen atoms in total. The number of carbonyl (C=O) groups is 1. The molecule has 4 heteroatoms. The first kappa shape index (κ1) is 11.3. The summed E-state index contributed by atoms with van der Waals surface area (Å²) >= 11 is 0. The molecule has 0 aromatic heterocycles. The van der Waals surface area contributed by atoms with Crippen molar-refractivity contribution in [1.29, 1.82) is 0 Å². The van der Waals surface area contributed by atoms with Crippen LogP contribution in [0.3, 0.4) is 0 Å². The molecule has 0 aromatic rings. The maximum atomic E-state index is 11.2. The molecule has 0 bridgehead atoms. The zero-order chi connectivity index (χ0) is 10.6. The number of rotatable bonds is 4. The number of hydrogen-bond donors (Lipinski definition) is 1. The van der Waals surface area contributed by atoms with Gasteiger partial charge in [0.25, 0.3) is 0 Å². The fourth-order valence-corrected chi connectivity index (χ4v) is 2.00. The summed E-state index contributed by atoms with van der Waals surface area (Å²) in [6, 6.07) is 0.131. The Morgan fingerprint density at radius 2 is 1.86 bits per heavy atom. The topological polar surface area (TPSA) is 49.6 Å². The first-order chi connectivity index (χ1) is 6.61. The highest BCUT2D eigenvalue weighted by Gasteiger charge is 2.24. The van der Waals surface area contributed by atoms with Crippen LogP contribution in [0.5, 0.6) is 0 Å². The van der Waals surface area contributed by atoms with Crippen LogP contribution in [0.4, 0.5) is 4.79 Å². The number of primary amides is 1. The van der Waals surface area contributed by atoms with Gasteiger partial charge in [-0.3, -0.25) is 0 Å². The van der Waals surface area contributed by atoms with Crippen LogP contribution in [0, 0.1) is 0 Å². The minimum Gasteiger partial charge on any atom is -0.351 e. The molecule has 1 aliphatic carbocycles. The van der Waals surface area contributed by atoms with E-state index >= 15 is 0 Å². The molecule has 0 heterocycles. The summed E-state index contributed by atoms with van der Waals surface area (Å²) in [5, 5.41) is 0. The van der Waals surface area contributed by atoms with Gasteiger partial charge in [-0.25, -0.2) is 4.79 Å². The van der Waals surface area contributed by atoms with Crippen molar-refractivity contribution < 1.29 is 4.79 Å². The summed E-state index contributed by atoms with van der Waals surface area (Å²) in [6.45, 7) is 1.65. The molecule has 2 N–H and O–H groups in total. The molecule has 0 saturated heterocycles. The van der Waals surface area contributed by atoms with E-state index in [1.54, 1.807) is 0 Å². The Balaban J connectivity index is 2.42. The second-order valence-electron chi connectivity index (χ2n) is 4.27. The van der Waals surface area contributed by atoms with Crippen molar-refractivity contribution in [3.63, 3.8) is 0 Å². The zero-order valence-electron chi connectivity index (χ0n) is 9.20. The molecular formula is C10H21N3O. The molecule has 0 atom stereocenters. The van der Waals surface area contributed by atoms with E-state index in [9.17, 15) is 4.79 Å². The molecule has 14 heavy (non-hydrogen) atoms. The van der Waals surface area contributed by atoms with Crippen LogP contribution in [0.1, 0.15) is 25.7 Å². The molecule has 0 spiro atoms. The van der Waals surface area contributed by atoms with E-state index in [4.69, 9.17) is 5.73 Å². The lowest BCUT2D eigenvalue weighted by atomic mass is 10.2. The summed E-state index contributed by atoms with van der Waals surface area (Å²) in [7, 11) is 4.02. The summed E-state index contributed by atoms with van der Waals surface area (Å²) < 4.78 is 0. The summed E-state index contributed by atoms with van der Waals surface area (Å²) in [5.41, 5.74) is 5.37. The van der Waals surface area contributed by atoms with Gasteiger partial charge in [0.1, 0.15) is 0 Å². The van der Waals surface area contributed by atoms with Crippen molar-refractivity contribution in [2.45, 2.75) is 31.7 Å². The molecular weight excluding hydrogens is 178 g/mol. The number of hydrogen-bond acceptors (Lipinski definition) is 2. The van der Waals surface area contributed by atoms with E-state index in [1.807, 2.05) is 19.0 Å². The van der Waals surface area contributed by atoms with Crippen LogP contribution >= 0.6 is 0 Å². The molecule has 2 amide bonds. The lowest BCUT2D eigenvalue weighted by Gasteiger charge is -2.28. The number of amides is 2. The predicted octanol–water partition coefficient (Wildman–Crippen LogP) is 0.871. The molecule has 1 fully saturated rings. The second kappa shape index (κ2) is 5.20. The van der Waals surface area contributed by atoms with Gasteiger partial charge in [-0.2, -0.15) is 0 Å². The normalized spacial score (nSPS) is 17.6. The molecule has 0 radical (unpaired) electrons. The molecule has 0 unspecified atom stereocenters. The van der Waals surface area contributed by atoms with Crippen LogP contribution in [-0.2, 0) is 0 Å². The summed E-state index contributed by atoms with van der Waals surface area (Å²) in [6.07, 6.45) is 4.71. The zero-order valence-corrected chi connectivity index (χ0v) is 9.20. The quantitative estimate of drug-likeness (QED) is 0.730. The molecule has 82 valence electrons. The Morgan fingerprint density at radius 1 is 1.29 bits per heavy atom. The highest BCUT2D eigenvalue weighted by molar-refractivity contribution is 5.72. The molecule has 1 rings (SSSR count). The predicted molar refractivity (Wildman–Crippen MR) is 57.1 cm³/mol. The van der Waals surface area contributed by atoms with Gasteiger partial charge >= 0.3 is 6.03 Å². The Hall–Kier alpha value is -0.770. The summed E-state index contributed by atoms with van der Waals surface area (Å²) in [5.74, 6) is 0. The van der Waals surface area contributed by atoms with E-state index < -0.39 is 0 Å². The van der Waals surface area contributed by atoms with Gasteiger partial charge in [-0.15, -0.1) is 0 Å². The maximum Gasteiger partial charge on any atom is 0.315 e. The number of carbonyl (C=O) groups excluding carboxylic acids is 1. The van der Waals surface area contributed by atoms with E-state index in [0.29, 0.717) is 6.04 Å². The Labute approximate surface area is 86.0 Å². The van der Waals surface area contributed by atoms with Gasteiger partial charge < -0.3 is 15.5 Å². The number of nitrogens with zero attached hydrogens (tertiary/aromatic N) is 2. The largest absolute Gasteiger partial charge is 0.351 e. The fraction of sp³-hybridized carbons (Fsp3) is 0.900. The molecule has 0 aromatic carbocycles. The highest BCUT2D eigenvalue weighted by atomic mass is 16.2. The average Bonchev–Trinajstić information content (AvgIpc) is 2.56. The van der Waals surface area contributed by atoms with Crippen molar-refractivity contribution in [1.82, 2.24) is 9.80 Å². The third-order valence-corrected chi connectivity index (χ3v) is 2.84. The third-order valence-electron chi connectivity index (χ3n) is 2.84. The lowest BCUT2D eigenvalue weighted by molar-refractivity contribution is 0.176. The van der Waals surface area contributed by atoms with Crippen LogP contribution in [0.2, 0.25) is 0 Å². The van der Waals surface area contributed by atoms with Gasteiger partial charge in [0.05, 0.1) is 0 Å². The molecule has 1 aliphatic rings. The van der Waals surface area contributed by atoms with Crippen molar-refractivity contribution in [2.24, 2.45) is 5.73 Å². The van der Waals surface area contributed by atoms with E-state index in [2.05, 4.69) is 4.90 Å².